The number of piperazine rings is 1. The van der Waals surface area contributed by atoms with E-state index in [4.69, 9.17) is 0 Å². The SMILES string of the molecule is O=C1C2CNCCN2C(=O)N1c1cccc([N+](=O)[O-])c1. The molecule has 1 N–H and O–H groups in total. The highest BCUT2D eigenvalue weighted by Gasteiger charge is 2.46. The molecule has 8 nitrogen and oxygen atoms in total. The molecule has 0 bridgehead atoms. The molecule has 2 aliphatic heterocycles. The summed E-state index contributed by atoms with van der Waals surface area (Å²) in [4.78, 5) is 37.3. The zero-order valence-corrected chi connectivity index (χ0v) is 10.5. The lowest BCUT2D eigenvalue weighted by Gasteiger charge is -2.26. The summed E-state index contributed by atoms with van der Waals surface area (Å²) in [7, 11) is 0. The monoisotopic (exact) mass is 276 g/mol. The van der Waals surface area contributed by atoms with E-state index in [1.165, 1.54) is 29.2 Å². The number of benzene rings is 1. The van der Waals surface area contributed by atoms with E-state index < -0.39 is 17.0 Å². The van der Waals surface area contributed by atoms with Crippen molar-refractivity contribution in [2.45, 2.75) is 6.04 Å². The molecule has 0 radical (unpaired) electrons. The number of hydrogen-bond donors (Lipinski definition) is 1. The number of carbonyl (C=O) groups is 2. The van der Waals surface area contributed by atoms with Gasteiger partial charge in [0.1, 0.15) is 6.04 Å². The van der Waals surface area contributed by atoms with E-state index in [0.29, 0.717) is 19.6 Å². The van der Waals surface area contributed by atoms with Crippen LogP contribution < -0.4 is 10.2 Å². The number of fused-ring (bicyclic) bond motifs is 1. The fraction of sp³-hybridized carbons (Fsp3) is 0.333. The summed E-state index contributed by atoms with van der Waals surface area (Å²) in [6.45, 7) is 1.51. The number of nitrogens with one attached hydrogen (secondary N) is 1. The highest BCUT2D eigenvalue weighted by molar-refractivity contribution is 6.21. The van der Waals surface area contributed by atoms with E-state index >= 15 is 0 Å². The molecule has 0 aliphatic carbocycles. The predicted octanol–water partition coefficient (Wildman–Crippen LogP) is 0.335. The first-order valence-electron chi connectivity index (χ1n) is 6.19. The molecule has 104 valence electrons. The fourth-order valence-electron chi connectivity index (χ4n) is 2.51. The van der Waals surface area contributed by atoms with Crippen LogP contribution in [0.15, 0.2) is 24.3 Å². The first kappa shape index (κ1) is 12.5. The van der Waals surface area contributed by atoms with E-state index in [1.807, 2.05) is 0 Å². The van der Waals surface area contributed by atoms with Crippen LogP contribution in [0.4, 0.5) is 16.2 Å². The molecule has 8 heteroatoms. The molecule has 1 atom stereocenters. The summed E-state index contributed by atoms with van der Waals surface area (Å²) in [6, 6.07) is 4.61. The Morgan fingerprint density at radius 1 is 1.35 bits per heavy atom. The molecular formula is C12H12N4O4. The third-order valence-corrected chi connectivity index (χ3v) is 3.48. The maximum Gasteiger partial charge on any atom is 0.332 e. The zero-order chi connectivity index (χ0) is 14.3. The second kappa shape index (κ2) is 4.57. The van der Waals surface area contributed by atoms with Crippen molar-refractivity contribution in [3.05, 3.63) is 34.4 Å². The van der Waals surface area contributed by atoms with Gasteiger partial charge in [-0.2, -0.15) is 0 Å². The Morgan fingerprint density at radius 3 is 2.85 bits per heavy atom. The van der Waals surface area contributed by atoms with Gasteiger partial charge in [0.05, 0.1) is 10.6 Å². The topological polar surface area (TPSA) is 95.8 Å². The molecule has 2 saturated heterocycles. The lowest BCUT2D eigenvalue weighted by Crippen LogP contribution is -2.51. The van der Waals surface area contributed by atoms with Crippen molar-refractivity contribution in [1.29, 1.82) is 0 Å². The minimum absolute atomic E-state index is 0.147. The Hall–Kier alpha value is -2.48. The van der Waals surface area contributed by atoms with Gasteiger partial charge in [0, 0.05) is 31.8 Å². The van der Waals surface area contributed by atoms with Crippen LogP contribution in [0.1, 0.15) is 0 Å². The van der Waals surface area contributed by atoms with Crippen LogP contribution in [0, 0.1) is 10.1 Å². The Morgan fingerprint density at radius 2 is 2.15 bits per heavy atom. The third-order valence-electron chi connectivity index (χ3n) is 3.48. The lowest BCUT2D eigenvalue weighted by atomic mass is 10.2. The Bertz CT molecular complexity index is 579. The van der Waals surface area contributed by atoms with Crippen molar-refractivity contribution >= 4 is 23.3 Å². The quantitative estimate of drug-likeness (QED) is 0.477. The molecule has 0 spiro atoms. The molecule has 2 aliphatic rings. The molecule has 1 unspecified atom stereocenters. The maximum absolute atomic E-state index is 12.3. The van der Waals surface area contributed by atoms with Crippen molar-refractivity contribution in [3.63, 3.8) is 0 Å². The summed E-state index contributed by atoms with van der Waals surface area (Å²) in [5.41, 5.74) is 0.0923. The van der Waals surface area contributed by atoms with Crippen LogP contribution in [-0.2, 0) is 4.79 Å². The number of nitrogens with zero attached hydrogens (tertiary/aromatic N) is 3. The number of amides is 3. The Balaban J connectivity index is 1.97. The number of urea groups is 1. The second-order valence-corrected chi connectivity index (χ2v) is 4.65. The highest BCUT2D eigenvalue weighted by Crippen LogP contribution is 2.28. The van der Waals surface area contributed by atoms with E-state index in [0.717, 1.165) is 4.90 Å². The highest BCUT2D eigenvalue weighted by atomic mass is 16.6. The number of carbonyl (C=O) groups excluding carboxylic acids is 2. The van der Waals surface area contributed by atoms with Gasteiger partial charge in [-0.1, -0.05) is 6.07 Å². The average molecular weight is 276 g/mol. The van der Waals surface area contributed by atoms with Gasteiger partial charge in [-0.05, 0) is 6.07 Å². The van der Waals surface area contributed by atoms with Crippen LogP contribution >= 0.6 is 0 Å². The van der Waals surface area contributed by atoms with Crippen LogP contribution in [0.2, 0.25) is 0 Å². The standard InChI is InChI=1S/C12H12N4O4/c17-11-10-7-13-4-5-14(10)12(18)15(11)8-2-1-3-9(6-8)16(19)20/h1-3,6,10,13H,4-5,7H2. The van der Waals surface area contributed by atoms with Gasteiger partial charge >= 0.3 is 6.03 Å². The summed E-state index contributed by atoms with van der Waals surface area (Å²) in [5.74, 6) is -0.345. The summed E-state index contributed by atoms with van der Waals surface area (Å²) in [5, 5.41) is 13.8. The number of non-ortho nitro benzene ring substituents is 1. The van der Waals surface area contributed by atoms with E-state index in [2.05, 4.69) is 5.32 Å². The predicted molar refractivity (Wildman–Crippen MR) is 69.3 cm³/mol. The zero-order valence-electron chi connectivity index (χ0n) is 10.5. The number of nitro groups is 1. The summed E-state index contributed by atoms with van der Waals surface area (Å²) < 4.78 is 0. The first-order chi connectivity index (χ1) is 9.59. The smallest absolute Gasteiger partial charge is 0.312 e. The molecular weight excluding hydrogens is 264 g/mol. The summed E-state index contributed by atoms with van der Waals surface area (Å²) >= 11 is 0. The van der Waals surface area contributed by atoms with Gasteiger partial charge in [-0.15, -0.1) is 0 Å². The fourth-order valence-corrected chi connectivity index (χ4v) is 2.51. The molecule has 1 aromatic carbocycles. The molecule has 0 aromatic heterocycles. The van der Waals surface area contributed by atoms with Crippen LogP contribution in [0.5, 0.6) is 0 Å². The average Bonchev–Trinajstić information content (AvgIpc) is 2.72. The minimum Gasteiger partial charge on any atom is -0.312 e. The van der Waals surface area contributed by atoms with Crippen LogP contribution in [0.25, 0.3) is 0 Å². The van der Waals surface area contributed by atoms with Crippen molar-refractivity contribution in [3.8, 4) is 0 Å². The van der Waals surface area contributed by atoms with Gasteiger partial charge in [0.25, 0.3) is 11.6 Å². The van der Waals surface area contributed by atoms with Gasteiger partial charge in [-0.25, -0.2) is 9.69 Å². The number of hydrogen-bond acceptors (Lipinski definition) is 5. The number of imide groups is 1. The van der Waals surface area contributed by atoms with Crippen LogP contribution in [-0.4, -0.2) is 47.4 Å². The normalized spacial score (nSPS) is 22.1. The lowest BCUT2D eigenvalue weighted by molar-refractivity contribution is -0.384. The van der Waals surface area contributed by atoms with E-state index in [1.54, 1.807) is 0 Å². The number of nitro benzene ring substituents is 1. The van der Waals surface area contributed by atoms with E-state index in [9.17, 15) is 19.7 Å². The van der Waals surface area contributed by atoms with Gasteiger partial charge < -0.3 is 10.2 Å². The molecule has 3 amide bonds. The number of anilines is 1. The minimum atomic E-state index is -0.552. The molecule has 2 fully saturated rings. The first-order valence-corrected chi connectivity index (χ1v) is 6.19. The van der Waals surface area contributed by atoms with Gasteiger partial charge in [-0.3, -0.25) is 14.9 Å². The van der Waals surface area contributed by atoms with Crippen LogP contribution in [0.3, 0.4) is 0 Å². The maximum atomic E-state index is 12.3. The number of rotatable bonds is 2. The molecule has 0 saturated carbocycles. The second-order valence-electron chi connectivity index (χ2n) is 4.65. The largest absolute Gasteiger partial charge is 0.332 e. The van der Waals surface area contributed by atoms with E-state index in [-0.39, 0.29) is 17.3 Å². The Labute approximate surface area is 114 Å². The molecule has 1 aromatic rings. The Kier molecular flexibility index (Phi) is 2.87. The molecule has 2 heterocycles. The molecule has 20 heavy (non-hydrogen) atoms. The van der Waals surface area contributed by atoms with Gasteiger partial charge in [0.15, 0.2) is 0 Å². The third kappa shape index (κ3) is 1.81. The molecule has 3 rings (SSSR count). The van der Waals surface area contributed by atoms with Crippen molar-refractivity contribution in [2.75, 3.05) is 24.5 Å². The summed E-state index contributed by atoms with van der Waals surface area (Å²) in [6.07, 6.45) is 0. The van der Waals surface area contributed by atoms with Gasteiger partial charge in [0.2, 0.25) is 0 Å². The van der Waals surface area contributed by atoms with Crippen molar-refractivity contribution in [1.82, 2.24) is 10.2 Å². The van der Waals surface area contributed by atoms with Crippen molar-refractivity contribution in [2.24, 2.45) is 0 Å². The van der Waals surface area contributed by atoms with Crippen molar-refractivity contribution < 1.29 is 14.5 Å².